The van der Waals surface area contributed by atoms with Crippen molar-refractivity contribution in [1.82, 2.24) is 15.3 Å². The predicted molar refractivity (Wildman–Crippen MR) is 119 cm³/mol. The molecule has 1 atom stereocenters. The number of aliphatic carboxylic acids is 1. The van der Waals surface area contributed by atoms with E-state index in [1.54, 1.807) is 36.4 Å². The fraction of sp³-hybridized carbons (Fsp3) is 0.227. The number of aromatic nitrogens is 2. The maximum atomic E-state index is 12.4. The minimum absolute atomic E-state index is 0.0345. The molecule has 6 N–H and O–H groups in total. The topological polar surface area (TPSA) is 167 Å². The number of ketones is 1. The Hall–Kier alpha value is -4.21. The summed E-state index contributed by atoms with van der Waals surface area (Å²) in [6.07, 6.45) is -0.176. The Kier molecular flexibility index (Phi) is 6.83. The van der Waals surface area contributed by atoms with Crippen LogP contribution in [0.5, 0.6) is 0 Å². The smallest absolute Gasteiger partial charge is 0.303 e. The molecule has 10 heteroatoms. The Morgan fingerprint density at radius 1 is 1.16 bits per heavy atom. The van der Waals surface area contributed by atoms with Crippen LogP contribution in [-0.4, -0.2) is 38.8 Å². The summed E-state index contributed by atoms with van der Waals surface area (Å²) in [7, 11) is 0. The van der Waals surface area contributed by atoms with Crippen molar-refractivity contribution in [2.45, 2.75) is 32.4 Å². The summed E-state index contributed by atoms with van der Waals surface area (Å²) >= 11 is 0. The highest BCUT2D eigenvalue weighted by atomic mass is 16.4. The number of aromatic amines is 1. The van der Waals surface area contributed by atoms with E-state index >= 15 is 0 Å². The van der Waals surface area contributed by atoms with E-state index in [1.165, 1.54) is 6.92 Å². The number of Topliss-reactive ketones (excluding diaryl/α,β-unsaturated/α-hetero) is 1. The number of carboxylic acids is 1. The Bertz CT molecular complexity index is 1220. The van der Waals surface area contributed by atoms with Crippen LogP contribution in [0.15, 0.2) is 47.3 Å². The van der Waals surface area contributed by atoms with Crippen molar-refractivity contribution in [3.05, 3.63) is 63.9 Å². The number of carbonyl (C=O) groups excluding carboxylic acids is 2. The summed E-state index contributed by atoms with van der Waals surface area (Å²) < 4.78 is 0. The molecule has 0 fully saturated rings. The van der Waals surface area contributed by atoms with Gasteiger partial charge in [0.2, 0.25) is 5.95 Å². The quantitative estimate of drug-likeness (QED) is 0.337. The molecule has 3 aromatic rings. The molecule has 32 heavy (non-hydrogen) atoms. The van der Waals surface area contributed by atoms with Crippen LogP contribution in [0.4, 0.5) is 11.6 Å². The van der Waals surface area contributed by atoms with E-state index in [0.717, 1.165) is 11.3 Å². The first kappa shape index (κ1) is 22.5. The van der Waals surface area contributed by atoms with E-state index in [-0.39, 0.29) is 30.1 Å². The van der Waals surface area contributed by atoms with E-state index in [4.69, 9.17) is 10.8 Å². The lowest BCUT2D eigenvalue weighted by Gasteiger charge is -2.15. The first-order valence-corrected chi connectivity index (χ1v) is 9.88. The number of H-pyrrole nitrogens is 1. The molecule has 1 unspecified atom stereocenters. The van der Waals surface area contributed by atoms with Crippen molar-refractivity contribution in [2.75, 3.05) is 11.1 Å². The standard InChI is InChI=1S/C22H23N5O5/c1-12(28)17(8-9-19(29)30)25-20(31)14-3-5-15(6-4-14)24-11-13-2-7-18-16(10-13)21(32)27-22(23)26-18/h2-7,10,17,24H,8-9,11H2,1H3,(H,25,31)(H,29,30)(H3,23,26,27,32). The van der Waals surface area contributed by atoms with Gasteiger partial charge in [0, 0.05) is 24.2 Å². The zero-order valence-electron chi connectivity index (χ0n) is 17.3. The lowest BCUT2D eigenvalue weighted by molar-refractivity contribution is -0.137. The van der Waals surface area contributed by atoms with Gasteiger partial charge in [-0.25, -0.2) is 4.98 Å². The maximum Gasteiger partial charge on any atom is 0.303 e. The lowest BCUT2D eigenvalue weighted by atomic mass is 10.1. The molecule has 0 aliphatic heterocycles. The summed E-state index contributed by atoms with van der Waals surface area (Å²) in [5, 5.41) is 15.0. The van der Waals surface area contributed by atoms with E-state index < -0.39 is 17.9 Å². The third-order valence-electron chi connectivity index (χ3n) is 4.87. The lowest BCUT2D eigenvalue weighted by Crippen LogP contribution is -2.40. The van der Waals surface area contributed by atoms with Gasteiger partial charge in [-0.1, -0.05) is 6.07 Å². The Morgan fingerprint density at radius 3 is 2.53 bits per heavy atom. The Morgan fingerprint density at radius 2 is 1.88 bits per heavy atom. The van der Waals surface area contributed by atoms with Crippen LogP contribution in [0.3, 0.4) is 0 Å². The van der Waals surface area contributed by atoms with Gasteiger partial charge in [0.05, 0.1) is 16.9 Å². The first-order chi connectivity index (χ1) is 15.2. The van der Waals surface area contributed by atoms with Gasteiger partial charge in [0.15, 0.2) is 5.78 Å². The SMILES string of the molecule is CC(=O)C(CCC(=O)O)NC(=O)c1ccc(NCc2ccc3nc(N)[nH]c(=O)c3c2)cc1. The minimum Gasteiger partial charge on any atom is -0.481 e. The summed E-state index contributed by atoms with van der Waals surface area (Å²) in [4.78, 5) is 53.4. The molecule has 0 radical (unpaired) electrons. The van der Waals surface area contributed by atoms with Gasteiger partial charge in [0.25, 0.3) is 11.5 Å². The number of hydrogen-bond donors (Lipinski definition) is 5. The van der Waals surface area contributed by atoms with Crippen LogP contribution in [-0.2, 0) is 16.1 Å². The summed E-state index contributed by atoms with van der Waals surface area (Å²) in [5.74, 6) is -1.72. The van der Waals surface area contributed by atoms with Crippen molar-refractivity contribution in [1.29, 1.82) is 0 Å². The largest absolute Gasteiger partial charge is 0.481 e. The number of nitrogens with zero attached hydrogens (tertiary/aromatic N) is 1. The Labute approximate surface area is 182 Å². The van der Waals surface area contributed by atoms with Gasteiger partial charge in [-0.15, -0.1) is 0 Å². The molecular weight excluding hydrogens is 414 g/mol. The number of rotatable bonds is 9. The highest BCUT2D eigenvalue weighted by molar-refractivity contribution is 5.97. The minimum atomic E-state index is -1.03. The zero-order valence-corrected chi connectivity index (χ0v) is 17.3. The third kappa shape index (κ3) is 5.69. The number of amides is 1. The van der Waals surface area contributed by atoms with E-state index in [0.29, 0.717) is 23.0 Å². The summed E-state index contributed by atoms with van der Waals surface area (Å²) in [6.45, 7) is 1.75. The fourth-order valence-corrected chi connectivity index (χ4v) is 3.14. The summed E-state index contributed by atoms with van der Waals surface area (Å²) in [5.41, 5.74) is 7.71. The van der Waals surface area contributed by atoms with Gasteiger partial charge in [-0.3, -0.25) is 24.2 Å². The molecule has 10 nitrogen and oxygen atoms in total. The van der Waals surface area contributed by atoms with Crippen molar-refractivity contribution in [3.8, 4) is 0 Å². The average molecular weight is 437 g/mol. The number of nitrogen functional groups attached to an aromatic ring is 1. The molecule has 0 saturated carbocycles. The number of nitrogens with one attached hydrogen (secondary N) is 3. The molecule has 1 amide bonds. The van der Waals surface area contributed by atoms with Gasteiger partial charge < -0.3 is 21.5 Å². The molecule has 166 valence electrons. The second kappa shape index (κ2) is 9.73. The highest BCUT2D eigenvalue weighted by Crippen LogP contribution is 2.15. The van der Waals surface area contributed by atoms with Gasteiger partial charge in [-0.05, 0) is 55.3 Å². The van der Waals surface area contributed by atoms with Crippen molar-refractivity contribution in [3.63, 3.8) is 0 Å². The van der Waals surface area contributed by atoms with Gasteiger partial charge in [0.1, 0.15) is 0 Å². The second-order valence-corrected chi connectivity index (χ2v) is 7.30. The number of carboxylic acid groups (broad SMARTS) is 1. The number of nitrogens with two attached hydrogens (primary N) is 1. The first-order valence-electron chi connectivity index (χ1n) is 9.88. The molecule has 0 saturated heterocycles. The van der Waals surface area contributed by atoms with Crippen LogP contribution < -0.4 is 21.9 Å². The van der Waals surface area contributed by atoms with Crippen LogP contribution in [0.25, 0.3) is 10.9 Å². The molecule has 0 aliphatic carbocycles. The fourth-order valence-electron chi connectivity index (χ4n) is 3.14. The Balaban J connectivity index is 1.62. The van der Waals surface area contributed by atoms with Crippen molar-refractivity contribution >= 4 is 40.2 Å². The molecule has 0 spiro atoms. The maximum absolute atomic E-state index is 12.4. The summed E-state index contributed by atoms with van der Waals surface area (Å²) in [6, 6.07) is 11.1. The normalized spacial score (nSPS) is 11.7. The molecular formula is C22H23N5O5. The van der Waals surface area contributed by atoms with Crippen molar-refractivity contribution in [2.24, 2.45) is 0 Å². The van der Waals surface area contributed by atoms with Crippen LogP contribution in [0.2, 0.25) is 0 Å². The molecule has 1 heterocycles. The predicted octanol–water partition coefficient (Wildman–Crippen LogP) is 1.67. The number of benzene rings is 2. The van der Waals surface area contributed by atoms with Crippen LogP contribution in [0.1, 0.15) is 35.7 Å². The number of hydrogen-bond acceptors (Lipinski definition) is 7. The van der Waals surface area contributed by atoms with Crippen LogP contribution in [0, 0.1) is 0 Å². The molecule has 3 rings (SSSR count). The van der Waals surface area contributed by atoms with E-state index in [9.17, 15) is 19.2 Å². The van der Waals surface area contributed by atoms with Crippen LogP contribution >= 0.6 is 0 Å². The number of fused-ring (bicyclic) bond motifs is 1. The van der Waals surface area contributed by atoms with E-state index in [1.807, 2.05) is 6.07 Å². The second-order valence-electron chi connectivity index (χ2n) is 7.30. The average Bonchev–Trinajstić information content (AvgIpc) is 2.75. The van der Waals surface area contributed by atoms with Gasteiger partial charge >= 0.3 is 5.97 Å². The van der Waals surface area contributed by atoms with Gasteiger partial charge in [-0.2, -0.15) is 0 Å². The number of carbonyl (C=O) groups is 3. The zero-order chi connectivity index (χ0) is 23.3. The molecule has 0 aliphatic rings. The highest BCUT2D eigenvalue weighted by Gasteiger charge is 2.19. The number of anilines is 2. The molecule has 1 aromatic heterocycles. The monoisotopic (exact) mass is 437 g/mol. The third-order valence-corrected chi connectivity index (χ3v) is 4.87. The molecule has 2 aromatic carbocycles. The van der Waals surface area contributed by atoms with Crippen molar-refractivity contribution < 1.29 is 19.5 Å². The molecule has 0 bridgehead atoms. The van der Waals surface area contributed by atoms with E-state index in [2.05, 4.69) is 20.6 Å².